The molecule has 0 aliphatic carbocycles. The van der Waals surface area contributed by atoms with E-state index in [1.54, 1.807) is 0 Å². The number of benzene rings is 1. The summed E-state index contributed by atoms with van der Waals surface area (Å²) in [7, 11) is 0. The van der Waals surface area contributed by atoms with Crippen LogP contribution in [0, 0.1) is 5.92 Å². The number of amides is 2. The molecule has 0 heterocycles. The number of rotatable bonds is 6. The van der Waals surface area contributed by atoms with Gasteiger partial charge >= 0.3 is 0 Å². The van der Waals surface area contributed by atoms with Crippen molar-refractivity contribution in [3.8, 4) is 0 Å². The first kappa shape index (κ1) is 14.2. The van der Waals surface area contributed by atoms with Crippen LogP contribution in [0.15, 0.2) is 30.3 Å². The maximum Gasteiger partial charge on any atom is 0.216 e. The summed E-state index contributed by atoms with van der Waals surface area (Å²) in [6.07, 6.45) is 0.835. The SMILES string of the molecule is CC(=O)NCC(CNC(C)=O)Cc1ccccc1. The van der Waals surface area contributed by atoms with Crippen LogP contribution in [0.2, 0.25) is 0 Å². The van der Waals surface area contributed by atoms with E-state index in [1.807, 2.05) is 18.2 Å². The normalized spacial score (nSPS) is 10.2. The highest BCUT2D eigenvalue weighted by atomic mass is 16.2. The maximum atomic E-state index is 10.9. The third-order valence-electron chi connectivity index (χ3n) is 2.65. The van der Waals surface area contributed by atoms with E-state index in [0.717, 1.165) is 6.42 Å². The average Bonchev–Trinajstić information content (AvgIpc) is 2.33. The quantitative estimate of drug-likeness (QED) is 0.792. The van der Waals surface area contributed by atoms with Gasteiger partial charge in [0.1, 0.15) is 0 Å². The molecular formula is C14H20N2O2. The Labute approximate surface area is 108 Å². The maximum absolute atomic E-state index is 10.9. The van der Waals surface area contributed by atoms with E-state index in [2.05, 4.69) is 22.8 Å². The summed E-state index contributed by atoms with van der Waals surface area (Å²) >= 11 is 0. The van der Waals surface area contributed by atoms with Gasteiger partial charge in [0, 0.05) is 26.9 Å². The summed E-state index contributed by atoms with van der Waals surface area (Å²) in [6, 6.07) is 10.1. The van der Waals surface area contributed by atoms with E-state index in [-0.39, 0.29) is 17.7 Å². The summed E-state index contributed by atoms with van der Waals surface area (Å²) < 4.78 is 0. The van der Waals surface area contributed by atoms with Gasteiger partial charge in [0.25, 0.3) is 0 Å². The Bertz CT molecular complexity index is 372. The first-order valence-electron chi connectivity index (χ1n) is 6.10. The molecule has 0 aliphatic heterocycles. The Morgan fingerprint density at radius 2 is 1.50 bits per heavy atom. The predicted octanol–water partition coefficient (Wildman–Crippen LogP) is 1.12. The van der Waals surface area contributed by atoms with Crippen LogP contribution in [-0.2, 0) is 16.0 Å². The molecule has 0 bridgehead atoms. The van der Waals surface area contributed by atoms with Crippen molar-refractivity contribution in [2.24, 2.45) is 5.92 Å². The van der Waals surface area contributed by atoms with Crippen molar-refractivity contribution in [2.45, 2.75) is 20.3 Å². The summed E-state index contributed by atoms with van der Waals surface area (Å²) in [5.74, 6) is 0.118. The molecule has 1 rings (SSSR count). The van der Waals surface area contributed by atoms with Gasteiger partial charge in [0.15, 0.2) is 0 Å². The number of hydrogen-bond donors (Lipinski definition) is 2. The summed E-state index contributed by atoms with van der Waals surface area (Å²) in [4.78, 5) is 21.9. The number of carbonyl (C=O) groups is 2. The molecule has 0 saturated heterocycles. The molecule has 0 unspecified atom stereocenters. The van der Waals surface area contributed by atoms with Crippen LogP contribution >= 0.6 is 0 Å². The smallest absolute Gasteiger partial charge is 0.216 e. The molecule has 1 aromatic rings. The standard InChI is InChI=1S/C14H20N2O2/c1-11(17)15-9-14(10-16-12(2)18)8-13-6-4-3-5-7-13/h3-7,14H,8-10H2,1-2H3,(H,15,17)(H,16,18). The van der Waals surface area contributed by atoms with E-state index in [0.29, 0.717) is 13.1 Å². The minimum Gasteiger partial charge on any atom is -0.356 e. The molecule has 0 aromatic heterocycles. The number of hydrogen-bond acceptors (Lipinski definition) is 2. The first-order valence-corrected chi connectivity index (χ1v) is 6.10. The van der Waals surface area contributed by atoms with Crippen LogP contribution in [0.25, 0.3) is 0 Å². The van der Waals surface area contributed by atoms with Crippen molar-refractivity contribution in [1.82, 2.24) is 10.6 Å². The highest BCUT2D eigenvalue weighted by Gasteiger charge is 2.10. The van der Waals surface area contributed by atoms with Gasteiger partial charge in [-0.2, -0.15) is 0 Å². The van der Waals surface area contributed by atoms with Gasteiger partial charge < -0.3 is 10.6 Å². The molecule has 4 nitrogen and oxygen atoms in total. The Morgan fingerprint density at radius 1 is 1.00 bits per heavy atom. The minimum atomic E-state index is -0.0455. The predicted molar refractivity (Wildman–Crippen MR) is 71.0 cm³/mol. The second-order valence-corrected chi connectivity index (χ2v) is 4.43. The Balaban J connectivity index is 2.53. The lowest BCUT2D eigenvalue weighted by Gasteiger charge is -2.17. The monoisotopic (exact) mass is 248 g/mol. The van der Waals surface area contributed by atoms with Gasteiger partial charge in [-0.05, 0) is 17.9 Å². The molecule has 0 aliphatic rings. The first-order chi connectivity index (χ1) is 8.58. The van der Waals surface area contributed by atoms with E-state index in [4.69, 9.17) is 0 Å². The molecule has 1 aromatic carbocycles. The third kappa shape index (κ3) is 6.03. The van der Waals surface area contributed by atoms with Gasteiger partial charge in [-0.25, -0.2) is 0 Å². The van der Waals surface area contributed by atoms with Crippen molar-refractivity contribution in [1.29, 1.82) is 0 Å². The van der Waals surface area contributed by atoms with Crippen LogP contribution in [0.4, 0.5) is 0 Å². The Morgan fingerprint density at radius 3 is 1.94 bits per heavy atom. The second-order valence-electron chi connectivity index (χ2n) is 4.43. The van der Waals surface area contributed by atoms with Crippen molar-refractivity contribution >= 4 is 11.8 Å². The fourth-order valence-corrected chi connectivity index (χ4v) is 1.74. The largest absolute Gasteiger partial charge is 0.356 e. The molecule has 2 amide bonds. The van der Waals surface area contributed by atoms with Crippen LogP contribution in [0.5, 0.6) is 0 Å². The molecule has 18 heavy (non-hydrogen) atoms. The van der Waals surface area contributed by atoms with E-state index in [1.165, 1.54) is 19.4 Å². The lowest BCUT2D eigenvalue weighted by Crippen LogP contribution is -2.36. The second kappa shape index (κ2) is 7.48. The molecule has 0 saturated carbocycles. The lowest BCUT2D eigenvalue weighted by atomic mass is 9.99. The van der Waals surface area contributed by atoms with Crippen molar-refractivity contribution < 1.29 is 9.59 Å². The highest BCUT2D eigenvalue weighted by molar-refractivity contribution is 5.73. The zero-order chi connectivity index (χ0) is 13.4. The summed E-state index contributed by atoms with van der Waals surface area (Å²) in [5, 5.41) is 5.60. The van der Waals surface area contributed by atoms with E-state index in [9.17, 15) is 9.59 Å². The van der Waals surface area contributed by atoms with Crippen LogP contribution in [-0.4, -0.2) is 24.9 Å². The van der Waals surface area contributed by atoms with Gasteiger partial charge in [-0.1, -0.05) is 30.3 Å². The number of carbonyl (C=O) groups excluding carboxylic acids is 2. The minimum absolute atomic E-state index is 0.0455. The molecule has 0 fully saturated rings. The molecule has 0 atom stereocenters. The van der Waals surface area contributed by atoms with Crippen molar-refractivity contribution in [2.75, 3.05) is 13.1 Å². The Kier molecular flexibility index (Phi) is 5.91. The summed E-state index contributed by atoms with van der Waals surface area (Å²) in [5.41, 5.74) is 1.21. The zero-order valence-corrected chi connectivity index (χ0v) is 10.9. The lowest BCUT2D eigenvalue weighted by molar-refractivity contribution is -0.119. The van der Waals surface area contributed by atoms with Crippen LogP contribution < -0.4 is 10.6 Å². The zero-order valence-electron chi connectivity index (χ0n) is 10.9. The third-order valence-corrected chi connectivity index (χ3v) is 2.65. The van der Waals surface area contributed by atoms with Gasteiger partial charge in [0.05, 0.1) is 0 Å². The fourth-order valence-electron chi connectivity index (χ4n) is 1.74. The fraction of sp³-hybridized carbons (Fsp3) is 0.429. The molecule has 0 radical (unpaired) electrons. The summed E-state index contributed by atoms with van der Waals surface area (Å²) in [6.45, 7) is 4.14. The van der Waals surface area contributed by atoms with Gasteiger partial charge in [-0.3, -0.25) is 9.59 Å². The molecule has 98 valence electrons. The van der Waals surface area contributed by atoms with Crippen molar-refractivity contribution in [3.63, 3.8) is 0 Å². The number of nitrogens with one attached hydrogen (secondary N) is 2. The average molecular weight is 248 g/mol. The van der Waals surface area contributed by atoms with E-state index >= 15 is 0 Å². The Hall–Kier alpha value is -1.84. The molecule has 2 N–H and O–H groups in total. The van der Waals surface area contributed by atoms with E-state index < -0.39 is 0 Å². The molecular weight excluding hydrogens is 228 g/mol. The van der Waals surface area contributed by atoms with Crippen LogP contribution in [0.1, 0.15) is 19.4 Å². The molecule has 0 spiro atoms. The van der Waals surface area contributed by atoms with Gasteiger partial charge in [0.2, 0.25) is 11.8 Å². The van der Waals surface area contributed by atoms with Crippen molar-refractivity contribution in [3.05, 3.63) is 35.9 Å². The van der Waals surface area contributed by atoms with Crippen LogP contribution in [0.3, 0.4) is 0 Å². The topological polar surface area (TPSA) is 58.2 Å². The highest BCUT2D eigenvalue weighted by Crippen LogP contribution is 2.07. The molecule has 4 heteroatoms. The van der Waals surface area contributed by atoms with Gasteiger partial charge in [-0.15, -0.1) is 0 Å².